The Labute approximate surface area is 219 Å². The standard InChI is InChI=1S/C25H34ClN3O6S/c1-33-19-11-18(12-20(13-19)34-2)16-35-25-15-23(27)22(26)14-21(25)24(30)4-3-17-5-8-29(9-6-17)10-7-28-36(31)32/h11-15,17,28H,3-10,16,27H2,1-2H3,(H,31,32). The Kier molecular flexibility index (Phi) is 10.8. The van der Waals surface area contributed by atoms with Gasteiger partial charge in [0.1, 0.15) is 23.9 Å². The summed E-state index contributed by atoms with van der Waals surface area (Å²) in [4.78, 5) is 15.4. The van der Waals surface area contributed by atoms with Gasteiger partial charge in [0, 0.05) is 31.6 Å². The first-order valence-electron chi connectivity index (χ1n) is 11.8. The van der Waals surface area contributed by atoms with Gasteiger partial charge in [-0.1, -0.05) is 11.6 Å². The van der Waals surface area contributed by atoms with E-state index in [-0.39, 0.29) is 12.4 Å². The molecule has 4 N–H and O–H groups in total. The monoisotopic (exact) mass is 539 g/mol. The maximum Gasteiger partial charge on any atom is 0.231 e. The van der Waals surface area contributed by atoms with Crippen molar-refractivity contribution in [3.63, 3.8) is 0 Å². The van der Waals surface area contributed by atoms with Crippen molar-refractivity contribution >= 4 is 34.3 Å². The number of anilines is 1. The number of nitrogens with zero attached hydrogens (tertiary/aromatic N) is 1. The summed E-state index contributed by atoms with van der Waals surface area (Å²) < 4.78 is 38.7. The number of piperidine rings is 1. The minimum absolute atomic E-state index is 0.0350. The summed E-state index contributed by atoms with van der Waals surface area (Å²) in [6.45, 7) is 3.21. The van der Waals surface area contributed by atoms with Crippen LogP contribution in [0, 0.1) is 5.92 Å². The van der Waals surface area contributed by atoms with E-state index in [2.05, 4.69) is 9.62 Å². The van der Waals surface area contributed by atoms with E-state index in [1.165, 1.54) is 0 Å². The molecule has 0 aliphatic carbocycles. The molecule has 0 bridgehead atoms. The third-order valence-electron chi connectivity index (χ3n) is 6.35. The Balaban J connectivity index is 1.58. The van der Waals surface area contributed by atoms with Crippen molar-refractivity contribution in [1.82, 2.24) is 9.62 Å². The second kappa shape index (κ2) is 13.8. The highest BCUT2D eigenvalue weighted by Gasteiger charge is 2.22. The number of nitrogen functional groups attached to an aromatic ring is 1. The Morgan fingerprint density at radius 3 is 2.44 bits per heavy atom. The molecule has 1 aliphatic rings. The number of likely N-dealkylation sites (tertiary alicyclic amines) is 1. The van der Waals surface area contributed by atoms with Crippen molar-refractivity contribution in [3.8, 4) is 17.2 Å². The van der Waals surface area contributed by atoms with Crippen molar-refractivity contribution in [2.24, 2.45) is 5.92 Å². The average molecular weight is 540 g/mol. The Bertz CT molecular complexity index is 1040. The van der Waals surface area contributed by atoms with Crippen molar-refractivity contribution in [1.29, 1.82) is 0 Å². The summed E-state index contributed by atoms with van der Waals surface area (Å²) in [7, 11) is 3.16. The summed E-state index contributed by atoms with van der Waals surface area (Å²) in [5.74, 6) is 2.10. The number of hydrogen-bond acceptors (Lipinski definition) is 7. The molecular weight excluding hydrogens is 506 g/mol. The van der Waals surface area contributed by atoms with E-state index < -0.39 is 11.3 Å². The average Bonchev–Trinajstić information content (AvgIpc) is 2.88. The minimum Gasteiger partial charge on any atom is -0.497 e. The van der Waals surface area contributed by atoms with Crippen molar-refractivity contribution in [3.05, 3.63) is 46.5 Å². The van der Waals surface area contributed by atoms with Gasteiger partial charge in [-0.25, -0.2) is 8.93 Å². The predicted molar refractivity (Wildman–Crippen MR) is 141 cm³/mol. The van der Waals surface area contributed by atoms with Crippen molar-refractivity contribution in [2.45, 2.75) is 32.3 Å². The molecule has 198 valence electrons. The highest BCUT2D eigenvalue weighted by Crippen LogP contribution is 2.32. The van der Waals surface area contributed by atoms with Crippen LogP contribution < -0.4 is 24.7 Å². The molecule has 0 amide bonds. The molecule has 1 fully saturated rings. The van der Waals surface area contributed by atoms with Gasteiger partial charge in [0.2, 0.25) is 11.3 Å². The number of Topliss-reactive ketones (excluding diaryl/α,β-unsaturated/α-hetero) is 1. The van der Waals surface area contributed by atoms with Crippen LogP contribution in [-0.4, -0.2) is 59.8 Å². The normalized spacial score (nSPS) is 15.4. The van der Waals surface area contributed by atoms with E-state index in [0.717, 1.165) is 44.5 Å². The first kappa shape index (κ1) is 28.2. The third kappa shape index (κ3) is 8.35. The molecule has 0 spiro atoms. The van der Waals surface area contributed by atoms with Crippen LogP contribution in [0.2, 0.25) is 5.02 Å². The van der Waals surface area contributed by atoms with Gasteiger partial charge < -0.3 is 24.8 Å². The van der Waals surface area contributed by atoms with Gasteiger partial charge in [-0.05, 0) is 62.0 Å². The number of ether oxygens (including phenoxy) is 3. The number of rotatable bonds is 13. The van der Waals surface area contributed by atoms with Crippen molar-refractivity contribution in [2.75, 3.05) is 46.1 Å². The lowest BCUT2D eigenvalue weighted by molar-refractivity contribution is 0.0958. The molecule has 2 aromatic rings. The van der Waals surface area contributed by atoms with Crippen LogP contribution in [0.1, 0.15) is 41.6 Å². The molecule has 1 aliphatic heterocycles. The van der Waals surface area contributed by atoms with Crippen LogP contribution in [-0.2, 0) is 17.9 Å². The quantitative estimate of drug-likeness (QED) is 0.199. The van der Waals surface area contributed by atoms with Gasteiger partial charge in [-0.15, -0.1) is 0 Å². The molecule has 11 heteroatoms. The van der Waals surface area contributed by atoms with E-state index in [1.54, 1.807) is 32.4 Å². The van der Waals surface area contributed by atoms with Gasteiger partial charge in [0.15, 0.2) is 5.78 Å². The zero-order chi connectivity index (χ0) is 26.1. The molecule has 36 heavy (non-hydrogen) atoms. The third-order valence-corrected chi connectivity index (χ3v) is 7.12. The number of carbonyl (C=O) groups excluding carboxylic acids is 1. The minimum atomic E-state index is -1.98. The van der Waals surface area contributed by atoms with Crippen LogP contribution in [0.5, 0.6) is 17.2 Å². The van der Waals surface area contributed by atoms with E-state index in [1.807, 2.05) is 12.1 Å². The number of ketones is 1. The molecular formula is C25H34ClN3O6S. The Hall–Kier alpha value is -2.37. The molecule has 1 unspecified atom stereocenters. The maximum absolute atomic E-state index is 13.2. The van der Waals surface area contributed by atoms with Gasteiger partial charge in [0.25, 0.3) is 0 Å². The lowest BCUT2D eigenvalue weighted by atomic mass is 9.90. The van der Waals surface area contributed by atoms with Crippen LogP contribution in [0.25, 0.3) is 0 Å². The zero-order valence-electron chi connectivity index (χ0n) is 20.6. The fourth-order valence-corrected chi connectivity index (χ4v) is 4.71. The topological polar surface area (TPSA) is 123 Å². The predicted octanol–water partition coefficient (Wildman–Crippen LogP) is 3.92. The molecule has 0 saturated carbocycles. The van der Waals surface area contributed by atoms with E-state index >= 15 is 0 Å². The van der Waals surface area contributed by atoms with Crippen LogP contribution in [0.3, 0.4) is 0 Å². The Morgan fingerprint density at radius 1 is 1.17 bits per heavy atom. The molecule has 1 heterocycles. The number of benzene rings is 2. The number of hydrogen-bond donors (Lipinski definition) is 3. The fourth-order valence-electron chi connectivity index (χ4n) is 4.28. The second-order valence-electron chi connectivity index (χ2n) is 8.77. The Morgan fingerprint density at radius 2 is 1.83 bits per heavy atom. The lowest BCUT2D eigenvalue weighted by Crippen LogP contribution is -2.38. The van der Waals surface area contributed by atoms with Crippen LogP contribution in [0.15, 0.2) is 30.3 Å². The van der Waals surface area contributed by atoms with E-state index in [0.29, 0.717) is 52.4 Å². The number of carbonyl (C=O) groups is 1. The van der Waals surface area contributed by atoms with Crippen LogP contribution >= 0.6 is 11.6 Å². The van der Waals surface area contributed by atoms with Gasteiger partial charge in [0.05, 0.1) is 30.5 Å². The molecule has 2 aromatic carbocycles. The molecule has 9 nitrogen and oxygen atoms in total. The summed E-state index contributed by atoms with van der Waals surface area (Å²) in [5, 5.41) is 0.319. The first-order valence-corrected chi connectivity index (χ1v) is 13.3. The number of halogens is 1. The molecule has 3 rings (SSSR count). The van der Waals surface area contributed by atoms with Crippen molar-refractivity contribution < 1.29 is 27.8 Å². The molecule has 1 atom stereocenters. The molecule has 1 saturated heterocycles. The molecule has 0 aromatic heterocycles. The highest BCUT2D eigenvalue weighted by molar-refractivity contribution is 7.77. The largest absolute Gasteiger partial charge is 0.497 e. The number of methoxy groups -OCH3 is 2. The SMILES string of the molecule is COc1cc(COc2cc(N)c(Cl)cc2C(=O)CCC2CCN(CCNS(=O)O)CC2)cc(OC)c1. The van der Waals surface area contributed by atoms with Gasteiger partial charge in [-0.2, -0.15) is 0 Å². The molecule has 0 radical (unpaired) electrons. The van der Waals surface area contributed by atoms with Gasteiger partial charge in [-0.3, -0.25) is 9.35 Å². The second-order valence-corrected chi connectivity index (χ2v) is 9.96. The smallest absolute Gasteiger partial charge is 0.231 e. The lowest BCUT2D eigenvalue weighted by Gasteiger charge is -2.31. The van der Waals surface area contributed by atoms with E-state index in [9.17, 15) is 9.00 Å². The zero-order valence-corrected chi connectivity index (χ0v) is 22.2. The van der Waals surface area contributed by atoms with Gasteiger partial charge >= 0.3 is 0 Å². The highest BCUT2D eigenvalue weighted by atomic mass is 35.5. The summed E-state index contributed by atoms with van der Waals surface area (Å²) >= 11 is 4.26. The maximum atomic E-state index is 13.2. The summed E-state index contributed by atoms with van der Waals surface area (Å²) in [6.07, 6.45) is 3.14. The fraction of sp³-hybridized carbons (Fsp3) is 0.480. The number of nitrogens with one attached hydrogen (secondary N) is 1. The van der Waals surface area contributed by atoms with Crippen LogP contribution in [0.4, 0.5) is 5.69 Å². The summed E-state index contributed by atoms with van der Waals surface area (Å²) in [6, 6.07) is 8.64. The van der Waals surface area contributed by atoms with E-state index in [4.69, 9.17) is 36.1 Å². The summed E-state index contributed by atoms with van der Waals surface area (Å²) in [5.41, 5.74) is 7.59. The first-order chi connectivity index (χ1) is 17.3. The number of nitrogens with two attached hydrogens (primary N) is 1.